The summed E-state index contributed by atoms with van der Waals surface area (Å²) in [6.45, 7) is 7.38. The van der Waals surface area contributed by atoms with E-state index in [2.05, 4.69) is 28.4 Å². The molecule has 2 aromatic heterocycles. The Bertz CT molecular complexity index is 551. The quantitative estimate of drug-likeness (QED) is 0.827. The van der Waals surface area contributed by atoms with Crippen molar-refractivity contribution in [1.82, 2.24) is 14.5 Å². The number of aryl methyl sites for hydroxylation is 2. The number of aromatic nitrogens is 3. The molecule has 0 saturated carbocycles. The van der Waals surface area contributed by atoms with Crippen molar-refractivity contribution in [3.63, 3.8) is 0 Å². The van der Waals surface area contributed by atoms with Crippen molar-refractivity contribution in [2.45, 2.75) is 33.7 Å². The number of hydrogen-bond donors (Lipinski definition) is 1. The highest BCUT2D eigenvalue weighted by Crippen LogP contribution is 2.14. The molecular weight excluding hydrogens is 218 g/mol. The number of fused-ring (bicyclic) bond motifs is 1. The molecule has 16 heavy (non-hydrogen) atoms. The predicted octanol–water partition coefficient (Wildman–Crippen LogP) is 3.45. The van der Waals surface area contributed by atoms with Crippen molar-refractivity contribution in [1.29, 1.82) is 0 Å². The number of aromatic amines is 1. The minimum atomic E-state index is 0.677. The summed E-state index contributed by atoms with van der Waals surface area (Å²) >= 11 is 5.32. The van der Waals surface area contributed by atoms with E-state index >= 15 is 0 Å². The van der Waals surface area contributed by atoms with Crippen LogP contribution in [0.15, 0.2) is 12.1 Å². The third-order valence-corrected chi connectivity index (χ3v) is 3.01. The third-order valence-electron chi connectivity index (χ3n) is 2.69. The van der Waals surface area contributed by atoms with Gasteiger partial charge in [-0.05, 0) is 43.6 Å². The fraction of sp³-hybridized carbons (Fsp3) is 0.500. The van der Waals surface area contributed by atoms with E-state index in [-0.39, 0.29) is 0 Å². The first kappa shape index (κ1) is 11.3. The summed E-state index contributed by atoms with van der Waals surface area (Å²) in [6, 6.07) is 4.04. The number of rotatable bonds is 3. The highest BCUT2D eigenvalue weighted by Gasteiger charge is 2.06. The van der Waals surface area contributed by atoms with Gasteiger partial charge in [-0.3, -0.25) is 0 Å². The number of nitrogens with one attached hydrogen (secondary N) is 1. The summed E-state index contributed by atoms with van der Waals surface area (Å²) in [5.74, 6) is 0.677. The van der Waals surface area contributed by atoms with Gasteiger partial charge < -0.3 is 9.55 Å². The number of nitrogens with zero attached hydrogens (tertiary/aromatic N) is 2. The first-order valence-electron chi connectivity index (χ1n) is 5.64. The Hall–Kier alpha value is -1.16. The van der Waals surface area contributed by atoms with Gasteiger partial charge in [0.05, 0.1) is 5.52 Å². The Balaban J connectivity index is 2.46. The van der Waals surface area contributed by atoms with Crippen LogP contribution in [0, 0.1) is 17.6 Å². The van der Waals surface area contributed by atoms with E-state index < -0.39 is 0 Å². The van der Waals surface area contributed by atoms with Gasteiger partial charge >= 0.3 is 0 Å². The topological polar surface area (TPSA) is 33.6 Å². The summed E-state index contributed by atoms with van der Waals surface area (Å²) in [6.07, 6.45) is 1.12. The lowest BCUT2D eigenvalue weighted by Crippen LogP contribution is -2.02. The molecule has 86 valence electrons. The monoisotopic (exact) mass is 235 g/mol. The van der Waals surface area contributed by atoms with Crippen molar-refractivity contribution in [3.8, 4) is 0 Å². The van der Waals surface area contributed by atoms with E-state index in [0.29, 0.717) is 5.92 Å². The molecule has 0 aliphatic heterocycles. The molecule has 0 unspecified atom stereocenters. The maximum Gasteiger partial charge on any atom is 0.179 e. The molecule has 2 aromatic rings. The smallest absolute Gasteiger partial charge is 0.179 e. The van der Waals surface area contributed by atoms with Gasteiger partial charge in [-0.2, -0.15) is 0 Å². The lowest BCUT2D eigenvalue weighted by atomic mass is 10.1. The van der Waals surface area contributed by atoms with Gasteiger partial charge in [-0.25, -0.2) is 4.98 Å². The zero-order valence-corrected chi connectivity index (χ0v) is 10.8. The van der Waals surface area contributed by atoms with Gasteiger partial charge in [-0.1, -0.05) is 13.8 Å². The summed E-state index contributed by atoms with van der Waals surface area (Å²) in [4.78, 5) is 7.73. The van der Waals surface area contributed by atoms with E-state index in [0.717, 1.165) is 34.6 Å². The van der Waals surface area contributed by atoms with Gasteiger partial charge in [0.15, 0.2) is 10.4 Å². The van der Waals surface area contributed by atoms with Crippen molar-refractivity contribution in [2.24, 2.45) is 5.92 Å². The summed E-state index contributed by atoms with van der Waals surface area (Å²) in [5, 5.41) is 0. The number of pyridine rings is 1. The van der Waals surface area contributed by atoms with E-state index in [4.69, 9.17) is 12.2 Å². The normalized spacial score (nSPS) is 11.5. The average Bonchev–Trinajstić information content (AvgIpc) is 2.51. The SMILES string of the molecule is Cc1ccc2[nH]c(=S)n(CCC(C)C)c2n1. The van der Waals surface area contributed by atoms with Crippen LogP contribution in [0.1, 0.15) is 26.0 Å². The Kier molecular flexibility index (Phi) is 3.10. The lowest BCUT2D eigenvalue weighted by molar-refractivity contribution is 0.518. The second-order valence-electron chi connectivity index (χ2n) is 4.59. The third kappa shape index (κ3) is 2.16. The number of H-pyrrole nitrogens is 1. The molecule has 0 aromatic carbocycles. The maximum absolute atomic E-state index is 5.32. The molecule has 2 heterocycles. The standard InChI is InChI=1S/C12H17N3S/c1-8(2)6-7-15-11-10(14-12(15)16)5-4-9(3)13-11/h4-5,8H,6-7H2,1-3H3,(H,14,16). The minimum absolute atomic E-state index is 0.677. The lowest BCUT2D eigenvalue weighted by Gasteiger charge is -2.06. The van der Waals surface area contributed by atoms with Gasteiger partial charge in [0.1, 0.15) is 0 Å². The average molecular weight is 235 g/mol. The van der Waals surface area contributed by atoms with E-state index in [1.807, 2.05) is 19.1 Å². The second kappa shape index (κ2) is 4.37. The number of hydrogen-bond acceptors (Lipinski definition) is 2. The van der Waals surface area contributed by atoms with E-state index in [1.165, 1.54) is 0 Å². The van der Waals surface area contributed by atoms with Crippen LogP contribution in [-0.2, 0) is 6.54 Å². The molecule has 3 nitrogen and oxygen atoms in total. The van der Waals surface area contributed by atoms with Gasteiger partial charge in [0.2, 0.25) is 0 Å². The van der Waals surface area contributed by atoms with Crippen LogP contribution < -0.4 is 0 Å². The van der Waals surface area contributed by atoms with Crippen LogP contribution in [0.25, 0.3) is 11.2 Å². The molecule has 0 radical (unpaired) electrons. The fourth-order valence-corrected chi connectivity index (χ4v) is 2.01. The van der Waals surface area contributed by atoms with E-state index in [1.54, 1.807) is 0 Å². The molecular formula is C12H17N3S. The van der Waals surface area contributed by atoms with Crippen LogP contribution in [0.3, 0.4) is 0 Å². The second-order valence-corrected chi connectivity index (χ2v) is 4.97. The van der Waals surface area contributed by atoms with Gasteiger partial charge in [0.25, 0.3) is 0 Å². The number of imidazole rings is 1. The highest BCUT2D eigenvalue weighted by molar-refractivity contribution is 7.71. The van der Waals surface area contributed by atoms with Crippen LogP contribution >= 0.6 is 12.2 Å². The molecule has 0 aliphatic carbocycles. The molecule has 1 N–H and O–H groups in total. The molecule has 0 saturated heterocycles. The molecule has 4 heteroatoms. The van der Waals surface area contributed by atoms with Crippen molar-refractivity contribution >= 4 is 23.4 Å². The van der Waals surface area contributed by atoms with Crippen LogP contribution in [0.5, 0.6) is 0 Å². The predicted molar refractivity (Wildman–Crippen MR) is 69.1 cm³/mol. The largest absolute Gasteiger partial charge is 0.329 e. The Labute approximate surface area is 101 Å². The highest BCUT2D eigenvalue weighted by atomic mass is 32.1. The molecule has 0 bridgehead atoms. The van der Waals surface area contributed by atoms with Crippen molar-refractivity contribution in [3.05, 3.63) is 22.6 Å². The minimum Gasteiger partial charge on any atom is -0.329 e. The molecule has 2 rings (SSSR count). The molecule has 0 amide bonds. The van der Waals surface area contributed by atoms with Gasteiger partial charge in [-0.15, -0.1) is 0 Å². The summed E-state index contributed by atoms with van der Waals surface area (Å²) in [5.41, 5.74) is 3.03. The summed E-state index contributed by atoms with van der Waals surface area (Å²) in [7, 11) is 0. The van der Waals surface area contributed by atoms with Crippen molar-refractivity contribution < 1.29 is 0 Å². The van der Waals surface area contributed by atoms with Crippen LogP contribution in [0.2, 0.25) is 0 Å². The van der Waals surface area contributed by atoms with Gasteiger partial charge in [0, 0.05) is 12.2 Å². The zero-order chi connectivity index (χ0) is 11.7. The molecule has 0 atom stereocenters. The molecule has 0 fully saturated rings. The Morgan fingerprint density at radius 1 is 1.44 bits per heavy atom. The van der Waals surface area contributed by atoms with Crippen molar-refractivity contribution in [2.75, 3.05) is 0 Å². The fourth-order valence-electron chi connectivity index (χ4n) is 1.72. The van der Waals surface area contributed by atoms with E-state index in [9.17, 15) is 0 Å². The van der Waals surface area contributed by atoms with Crippen LogP contribution in [-0.4, -0.2) is 14.5 Å². The summed E-state index contributed by atoms with van der Waals surface area (Å²) < 4.78 is 2.87. The molecule has 0 aliphatic rings. The first-order chi connectivity index (χ1) is 7.58. The maximum atomic E-state index is 5.32. The van der Waals surface area contributed by atoms with Crippen LogP contribution in [0.4, 0.5) is 0 Å². The zero-order valence-electron chi connectivity index (χ0n) is 9.95. The first-order valence-corrected chi connectivity index (χ1v) is 6.05. The Morgan fingerprint density at radius 3 is 2.88 bits per heavy atom. The molecule has 0 spiro atoms. The Morgan fingerprint density at radius 2 is 2.19 bits per heavy atom.